The highest BCUT2D eigenvalue weighted by molar-refractivity contribution is 5.64. The largest absolute Gasteiger partial charge is 0.497 e. The van der Waals surface area contributed by atoms with Gasteiger partial charge in [-0.05, 0) is 72.1 Å². The normalized spacial score (nSPS) is 20.6. The van der Waals surface area contributed by atoms with E-state index in [1.807, 2.05) is 12.1 Å². The molecule has 2 heterocycles. The summed E-state index contributed by atoms with van der Waals surface area (Å²) in [5, 5.41) is 14.3. The smallest absolute Gasteiger partial charge is 0.119 e. The number of ether oxygens (including phenoxy) is 1. The van der Waals surface area contributed by atoms with Crippen LogP contribution in [0.15, 0.2) is 30.5 Å². The Labute approximate surface area is 169 Å². The molecule has 1 saturated heterocycles. The van der Waals surface area contributed by atoms with Crippen molar-refractivity contribution in [2.24, 2.45) is 0 Å². The molecule has 0 aliphatic carbocycles. The van der Waals surface area contributed by atoms with Gasteiger partial charge >= 0.3 is 0 Å². The number of aromatic nitrogens is 2. The molecule has 1 unspecified atom stereocenters. The Morgan fingerprint density at radius 2 is 2.07 bits per heavy atom. The zero-order valence-electron chi connectivity index (χ0n) is 18.0. The van der Waals surface area contributed by atoms with Crippen molar-refractivity contribution in [3.8, 4) is 17.0 Å². The van der Waals surface area contributed by atoms with Gasteiger partial charge in [-0.2, -0.15) is 5.10 Å². The minimum atomic E-state index is -0.0724. The Hall–Kier alpha value is -1.85. The Balaban J connectivity index is 1.96. The molecule has 0 spiro atoms. The first kappa shape index (κ1) is 20.9. The number of hydrogen-bond acceptors (Lipinski definition) is 4. The fraction of sp³-hybridized carbons (Fsp3) is 0.609. The molecule has 3 rings (SSSR count). The predicted molar refractivity (Wildman–Crippen MR) is 114 cm³/mol. The molecule has 1 fully saturated rings. The third kappa shape index (κ3) is 4.41. The van der Waals surface area contributed by atoms with Gasteiger partial charge in [0.15, 0.2) is 0 Å². The molecule has 5 nitrogen and oxygen atoms in total. The van der Waals surface area contributed by atoms with Crippen molar-refractivity contribution >= 4 is 0 Å². The highest BCUT2D eigenvalue weighted by atomic mass is 16.5. The number of likely N-dealkylation sites (tertiary alicyclic amines) is 1. The standard InChI is InChI=1S/C23H35N3O2/c1-22(2,3)26-17-19(16-25-13-7-11-23(25,4)12-8-14-27)21(24-26)18-9-6-10-20(15-18)28-5/h6,9-10,15,17,27H,7-8,11-14,16H2,1-5H3. The molecule has 1 aliphatic rings. The van der Waals surface area contributed by atoms with Crippen molar-refractivity contribution in [2.45, 2.75) is 71.0 Å². The maximum absolute atomic E-state index is 9.31. The molecule has 1 atom stereocenters. The maximum Gasteiger partial charge on any atom is 0.119 e. The van der Waals surface area contributed by atoms with Gasteiger partial charge in [-0.3, -0.25) is 9.58 Å². The first-order valence-corrected chi connectivity index (χ1v) is 10.4. The Kier molecular flexibility index (Phi) is 6.15. The molecule has 1 N–H and O–H groups in total. The van der Waals surface area contributed by atoms with Crippen LogP contribution in [0.5, 0.6) is 5.75 Å². The van der Waals surface area contributed by atoms with Crippen molar-refractivity contribution in [1.82, 2.24) is 14.7 Å². The first-order valence-electron chi connectivity index (χ1n) is 10.4. The van der Waals surface area contributed by atoms with Crippen molar-refractivity contribution in [2.75, 3.05) is 20.3 Å². The van der Waals surface area contributed by atoms with Crippen LogP contribution in [0, 0.1) is 0 Å². The topological polar surface area (TPSA) is 50.5 Å². The fourth-order valence-electron chi connectivity index (χ4n) is 4.18. The van der Waals surface area contributed by atoms with E-state index in [1.165, 1.54) is 18.4 Å². The van der Waals surface area contributed by atoms with Crippen molar-refractivity contribution in [3.63, 3.8) is 0 Å². The average molecular weight is 386 g/mol. The van der Waals surface area contributed by atoms with Gasteiger partial charge in [0.2, 0.25) is 0 Å². The van der Waals surface area contributed by atoms with Crippen LogP contribution in [0.1, 0.15) is 58.9 Å². The maximum atomic E-state index is 9.31. The number of hydrogen-bond donors (Lipinski definition) is 1. The Bertz CT molecular complexity index is 793. The van der Waals surface area contributed by atoms with E-state index in [0.717, 1.165) is 42.9 Å². The van der Waals surface area contributed by atoms with Gasteiger partial charge in [0.1, 0.15) is 5.75 Å². The lowest BCUT2D eigenvalue weighted by Crippen LogP contribution is -2.40. The van der Waals surface area contributed by atoms with E-state index in [1.54, 1.807) is 7.11 Å². The highest BCUT2D eigenvalue weighted by Crippen LogP contribution is 2.36. The van der Waals surface area contributed by atoms with Gasteiger partial charge in [-0.15, -0.1) is 0 Å². The minimum absolute atomic E-state index is 0.0724. The van der Waals surface area contributed by atoms with E-state index in [9.17, 15) is 5.11 Å². The van der Waals surface area contributed by atoms with E-state index >= 15 is 0 Å². The molecule has 0 radical (unpaired) electrons. The first-order chi connectivity index (χ1) is 13.3. The molecule has 1 aromatic carbocycles. The summed E-state index contributed by atoms with van der Waals surface area (Å²) in [5.41, 5.74) is 3.45. The molecule has 1 aliphatic heterocycles. The lowest BCUT2D eigenvalue weighted by molar-refractivity contribution is 0.125. The Morgan fingerprint density at radius 3 is 2.75 bits per heavy atom. The molecule has 1 aromatic heterocycles. The quantitative estimate of drug-likeness (QED) is 0.765. The number of nitrogens with zero attached hydrogens (tertiary/aromatic N) is 3. The molecule has 2 aromatic rings. The summed E-state index contributed by atoms with van der Waals surface area (Å²) >= 11 is 0. The zero-order chi connectivity index (χ0) is 20.4. The SMILES string of the molecule is COc1cccc(-c2nn(C(C)(C)C)cc2CN2CCCC2(C)CCCO)c1. The number of aliphatic hydroxyl groups is 1. The second-order valence-corrected chi connectivity index (χ2v) is 9.20. The second-order valence-electron chi connectivity index (χ2n) is 9.20. The van der Waals surface area contributed by atoms with Gasteiger partial charge in [0.25, 0.3) is 0 Å². The lowest BCUT2D eigenvalue weighted by atomic mass is 9.92. The lowest BCUT2D eigenvalue weighted by Gasteiger charge is -2.35. The molecule has 0 saturated carbocycles. The molecule has 0 amide bonds. The summed E-state index contributed by atoms with van der Waals surface area (Å²) in [5.74, 6) is 0.850. The van der Waals surface area contributed by atoms with Crippen molar-refractivity contribution in [3.05, 3.63) is 36.0 Å². The monoisotopic (exact) mass is 385 g/mol. The van der Waals surface area contributed by atoms with Gasteiger partial charge in [-0.25, -0.2) is 0 Å². The van der Waals surface area contributed by atoms with E-state index in [2.05, 4.69) is 55.6 Å². The predicted octanol–water partition coefficient (Wildman–Crippen LogP) is 4.44. The van der Waals surface area contributed by atoms with E-state index < -0.39 is 0 Å². The van der Waals surface area contributed by atoms with E-state index in [4.69, 9.17) is 9.84 Å². The van der Waals surface area contributed by atoms with E-state index in [0.29, 0.717) is 0 Å². The summed E-state index contributed by atoms with van der Waals surface area (Å²) in [6, 6.07) is 8.16. The molecular weight excluding hydrogens is 350 g/mol. The second kappa shape index (κ2) is 8.26. The number of rotatable bonds is 7. The van der Waals surface area contributed by atoms with Gasteiger partial charge in [0, 0.05) is 36.0 Å². The summed E-state index contributed by atoms with van der Waals surface area (Å²) in [4.78, 5) is 2.58. The summed E-state index contributed by atoms with van der Waals surface area (Å²) < 4.78 is 7.51. The van der Waals surface area contributed by atoms with Gasteiger partial charge in [-0.1, -0.05) is 12.1 Å². The highest BCUT2D eigenvalue weighted by Gasteiger charge is 2.36. The summed E-state index contributed by atoms with van der Waals surface area (Å²) in [7, 11) is 1.70. The minimum Gasteiger partial charge on any atom is -0.497 e. The molecule has 28 heavy (non-hydrogen) atoms. The van der Waals surface area contributed by atoms with Crippen molar-refractivity contribution < 1.29 is 9.84 Å². The van der Waals surface area contributed by atoms with E-state index in [-0.39, 0.29) is 17.7 Å². The van der Waals surface area contributed by atoms with Crippen LogP contribution < -0.4 is 4.74 Å². The summed E-state index contributed by atoms with van der Waals surface area (Å²) in [6.45, 7) is 11.1. The number of methoxy groups -OCH3 is 1. The van der Waals surface area contributed by atoms with Crippen molar-refractivity contribution in [1.29, 1.82) is 0 Å². The number of benzene rings is 1. The van der Waals surface area contributed by atoms with Crippen LogP contribution >= 0.6 is 0 Å². The third-order valence-corrected chi connectivity index (χ3v) is 5.96. The van der Waals surface area contributed by atoms with Crippen LogP contribution in [-0.2, 0) is 12.1 Å². The van der Waals surface area contributed by atoms with Crippen LogP contribution in [0.2, 0.25) is 0 Å². The van der Waals surface area contributed by atoms with Gasteiger partial charge < -0.3 is 9.84 Å². The van der Waals surface area contributed by atoms with Crippen LogP contribution in [-0.4, -0.2) is 45.6 Å². The molecule has 0 bridgehead atoms. The van der Waals surface area contributed by atoms with Gasteiger partial charge in [0.05, 0.1) is 18.3 Å². The van der Waals surface area contributed by atoms with Crippen LogP contribution in [0.3, 0.4) is 0 Å². The molecule has 154 valence electrons. The Morgan fingerprint density at radius 1 is 1.29 bits per heavy atom. The third-order valence-electron chi connectivity index (χ3n) is 5.96. The zero-order valence-corrected chi connectivity index (χ0v) is 18.0. The fourth-order valence-corrected chi connectivity index (χ4v) is 4.18. The average Bonchev–Trinajstić information content (AvgIpc) is 3.25. The molecular formula is C23H35N3O2. The molecule has 5 heteroatoms. The summed E-state index contributed by atoms with van der Waals surface area (Å²) in [6.07, 6.45) is 6.50. The van der Waals surface area contributed by atoms with Crippen LogP contribution in [0.4, 0.5) is 0 Å². The van der Waals surface area contributed by atoms with Crippen LogP contribution in [0.25, 0.3) is 11.3 Å². The number of aliphatic hydroxyl groups excluding tert-OH is 1.